The molecular formula is C15H21N3O4. The quantitative estimate of drug-likeness (QED) is 0.759. The normalized spacial score (nSPS) is 15.5. The summed E-state index contributed by atoms with van der Waals surface area (Å²) in [6, 6.07) is 3.77. The summed E-state index contributed by atoms with van der Waals surface area (Å²) in [5.74, 6) is -0.517. The van der Waals surface area contributed by atoms with Gasteiger partial charge in [0.25, 0.3) is 5.91 Å². The van der Waals surface area contributed by atoms with Crippen molar-refractivity contribution < 1.29 is 19.8 Å². The van der Waals surface area contributed by atoms with E-state index in [1.54, 1.807) is 19.0 Å². The number of hydrogen-bond donors (Lipinski definition) is 3. The number of rotatable bonds is 2. The third-order valence-electron chi connectivity index (χ3n) is 3.67. The van der Waals surface area contributed by atoms with Crippen molar-refractivity contribution in [2.75, 3.05) is 27.2 Å². The van der Waals surface area contributed by atoms with E-state index in [0.29, 0.717) is 25.9 Å². The maximum Gasteiger partial charge on any atom is 0.317 e. The predicted molar refractivity (Wildman–Crippen MR) is 80.9 cm³/mol. The van der Waals surface area contributed by atoms with E-state index in [9.17, 15) is 19.8 Å². The summed E-state index contributed by atoms with van der Waals surface area (Å²) >= 11 is 0. The largest absolute Gasteiger partial charge is 0.508 e. The molecule has 3 N–H and O–H groups in total. The molecule has 1 heterocycles. The highest BCUT2D eigenvalue weighted by Crippen LogP contribution is 2.22. The number of piperidine rings is 1. The van der Waals surface area contributed by atoms with Crippen LogP contribution in [0.2, 0.25) is 0 Å². The van der Waals surface area contributed by atoms with Gasteiger partial charge in [0.1, 0.15) is 11.5 Å². The van der Waals surface area contributed by atoms with Crippen LogP contribution in [0.25, 0.3) is 0 Å². The molecule has 0 unspecified atom stereocenters. The number of amides is 3. The molecule has 1 fully saturated rings. The van der Waals surface area contributed by atoms with Crippen molar-refractivity contribution in [1.29, 1.82) is 0 Å². The monoisotopic (exact) mass is 307 g/mol. The zero-order chi connectivity index (χ0) is 16.3. The Labute approximate surface area is 129 Å². The number of phenolic OH excluding ortho intramolecular Hbond substituents is 2. The molecule has 7 heteroatoms. The summed E-state index contributed by atoms with van der Waals surface area (Å²) in [4.78, 5) is 27.1. The first-order valence-electron chi connectivity index (χ1n) is 7.17. The zero-order valence-corrected chi connectivity index (χ0v) is 12.7. The van der Waals surface area contributed by atoms with Crippen LogP contribution in [0, 0.1) is 0 Å². The van der Waals surface area contributed by atoms with Crippen LogP contribution >= 0.6 is 0 Å². The van der Waals surface area contributed by atoms with Crippen LogP contribution < -0.4 is 5.32 Å². The van der Waals surface area contributed by atoms with Crippen molar-refractivity contribution in [3.63, 3.8) is 0 Å². The lowest BCUT2D eigenvalue weighted by Crippen LogP contribution is -2.48. The van der Waals surface area contributed by atoms with Crippen LogP contribution in [0.15, 0.2) is 18.2 Å². The smallest absolute Gasteiger partial charge is 0.317 e. The zero-order valence-electron chi connectivity index (χ0n) is 12.7. The number of nitrogens with one attached hydrogen (secondary N) is 1. The van der Waals surface area contributed by atoms with Gasteiger partial charge in [-0.3, -0.25) is 4.79 Å². The molecule has 0 spiro atoms. The minimum atomic E-state index is -0.233. The maximum absolute atomic E-state index is 12.3. The molecule has 0 saturated carbocycles. The highest BCUT2D eigenvalue weighted by atomic mass is 16.3. The highest BCUT2D eigenvalue weighted by Gasteiger charge is 2.25. The van der Waals surface area contributed by atoms with Gasteiger partial charge in [0.05, 0.1) is 0 Å². The lowest BCUT2D eigenvalue weighted by Gasteiger charge is -2.33. The average Bonchev–Trinajstić information content (AvgIpc) is 2.46. The predicted octanol–water partition coefficient (Wildman–Crippen LogP) is 0.974. The average molecular weight is 307 g/mol. The van der Waals surface area contributed by atoms with Gasteiger partial charge in [0.15, 0.2) is 0 Å². The van der Waals surface area contributed by atoms with E-state index in [1.165, 1.54) is 23.1 Å². The van der Waals surface area contributed by atoms with Crippen LogP contribution in [0.1, 0.15) is 23.2 Å². The topological polar surface area (TPSA) is 93.1 Å². The number of aromatic hydroxyl groups is 2. The minimum absolute atomic E-state index is 0.0523. The molecule has 1 aromatic carbocycles. The van der Waals surface area contributed by atoms with E-state index >= 15 is 0 Å². The second-order valence-electron chi connectivity index (χ2n) is 5.65. The fourth-order valence-corrected chi connectivity index (χ4v) is 2.43. The molecule has 0 bridgehead atoms. The molecule has 1 aliphatic rings. The van der Waals surface area contributed by atoms with Gasteiger partial charge < -0.3 is 25.3 Å². The fourth-order valence-electron chi connectivity index (χ4n) is 2.43. The summed E-state index contributed by atoms with van der Waals surface area (Å²) in [6.45, 7) is 1.04. The molecule has 7 nitrogen and oxygen atoms in total. The summed E-state index contributed by atoms with van der Waals surface area (Å²) in [5.41, 5.74) is 0.258. The number of carbonyl (C=O) groups excluding carboxylic acids is 2. The minimum Gasteiger partial charge on any atom is -0.508 e. The Hall–Kier alpha value is -2.44. The third-order valence-corrected chi connectivity index (χ3v) is 3.67. The first-order chi connectivity index (χ1) is 10.4. The van der Waals surface area contributed by atoms with E-state index in [0.717, 1.165) is 0 Å². The summed E-state index contributed by atoms with van der Waals surface area (Å²) in [7, 11) is 3.37. The third kappa shape index (κ3) is 3.81. The number of hydrogen-bond acceptors (Lipinski definition) is 4. The van der Waals surface area contributed by atoms with Crippen molar-refractivity contribution >= 4 is 11.9 Å². The van der Waals surface area contributed by atoms with Gasteiger partial charge in [-0.15, -0.1) is 0 Å². The van der Waals surface area contributed by atoms with Gasteiger partial charge in [-0.25, -0.2) is 4.79 Å². The van der Waals surface area contributed by atoms with Crippen molar-refractivity contribution in [3.8, 4) is 11.5 Å². The molecule has 22 heavy (non-hydrogen) atoms. The van der Waals surface area contributed by atoms with Crippen LogP contribution in [-0.4, -0.2) is 65.2 Å². The Bertz CT molecular complexity index is 546. The van der Waals surface area contributed by atoms with Gasteiger partial charge >= 0.3 is 6.03 Å². The molecule has 2 rings (SSSR count). The molecule has 0 radical (unpaired) electrons. The van der Waals surface area contributed by atoms with Crippen LogP contribution in [0.4, 0.5) is 4.79 Å². The van der Waals surface area contributed by atoms with Crippen LogP contribution in [0.5, 0.6) is 11.5 Å². The van der Waals surface area contributed by atoms with Gasteiger partial charge in [0.2, 0.25) is 0 Å². The Morgan fingerprint density at radius 2 is 1.68 bits per heavy atom. The number of nitrogens with zero attached hydrogens (tertiary/aromatic N) is 2. The van der Waals surface area contributed by atoms with Gasteiger partial charge in [0, 0.05) is 44.9 Å². The van der Waals surface area contributed by atoms with Gasteiger partial charge in [-0.05, 0) is 25.0 Å². The van der Waals surface area contributed by atoms with E-state index in [-0.39, 0.29) is 35.0 Å². The van der Waals surface area contributed by atoms with Crippen molar-refractivity contribution in [1.82, 2.24) is 15.1 Å². The Morgan fingerprint density at radius 3 is 2.18 bits per heavy atom. The van der Waals surface area contributed by atoms with E-state index < -0.39 is 0 Å². The molecule has 1 aromatic rings. The highest BCUT2D eigenvalue weighted by molar-refractivity contribution is 5.95. The summed E-state index contributed by atoms with van der Waals surface area (Å²) in [6.07, 6.45) is 1.35. The molecule has 0 aliphatic carbocycles. The van der Waals surface area contributed by atoms with Crippen molar-refractivity contribution in [2.24, 2.45) is 0 Å². The van der Waals surface area contributed by atoms with E-state index in [1.807, 2.05) is 0 Å². The fraction of sp³-hybridized carbons (Fsp3) is 0.467. The SMILES string of the molecule is CN(C)C(=O)NC1CCN(C(=O)c2cc(O)cc(O)c2)CC1. The number of benzene rings is 1. The van der Waals surface area contributed by atoms with Gasteiger partial charge in [-0.2, -0.15) is 0 Å². The van der Waals surface area contributed by atoms with Crippen molar-refractivity contribution in [3.05, 3.63) is 23.8 Å². The standard InChI is InChI=1S/C15H21N3O4/c1-17(2)15(22)16-11-3-5-18(6-4-11)14(21)10-7-12(19)9-13(20)8-10/h7-9,11,19-20H,3-6H2,1-2H3,(H,16,22). The number of carbonyl (C=O) groups is 2. The van der Waals surface area contributed by atoms with Crippen LogP contribution in [-0.2, 0) is 0 Å². The molecule has 0 atom stereocenters. The lowest BCUT2D eigenvalue weighted by atomic mass is 10.0. The lowest BCUT2D eigenvalue weighted by molar-refractivity contribution is 0.0706. The Morgan fingerprint density at radius 1 is 1.14 bits per heavy atom. The van der Waals surface area contributed by atoms with Crippen LogP contribution in [0.3, 0.4) is 0 Å². The van der Waals surface area contributed by atoms with E-state index in [2.05, 4.69) is 5.32 Å². The Balaban J connectivity index is 1.93. The molecule has 1 saturated heterocycles. The summed E-state index contributed by atoms with van der Waals surface area (Å²) < 4.78 is 0. The molecular weight excluding hydrogens is 286 g/mol. The first kappa shape index (κ1) is 15.9. The second kappa shape index (κ2) is 6.55. The van der Waals surface area contributed by atoms with Crippen molar-refractivity contribution in [2.45, 2.75) is 18.9 Å². The van der Waals surface area contributed by atoms with Gasteiger partial charge in [-0.1, -0.05) is 0 Å². The first-order valence-corrected chi connectivity index (χ1v) is 7.17. The van der Waals surface area contributed by atoms with E-state index in [4.69, 9.17) is 0 Å². The number of urea groups is 1. The maximum atomic E-state index is 12.3. The second-order valence-corrected chi connectivity index (χ2v) is 5.65. The summed E-state index contributed by atoms with van der Waals surface area (Å²) in [5, 5.41) is 21.8. The Kier molecular flexibility index (Phi) is 4.75. The number of phenols is 2. The number of likely N-dealkylation sites (tertiary alicyclic amines) is 1. The molecule has 3 amide bonds. The molecule has 120 valence electrons. The molecule has 0 aromatic heterocycles. The molecule has 1 aliphatic heterocycles.